The molecular formula is C27H35N3O5. The fourth-order valence-corrected chi connectivity index (χ4v) is 4.21. The molecule has 3 rings (SSSR count). The molecule has 0 aliphatic rings. The molecule has 1 heterocycles. The molecule has 0 bridgehead atoms. The minimum Gasteiger partial charge on any atom is -0.493 e. The Morgan fingerprint density at radius 3 is 2.37 bits per heavy atom. The molecule has 0 aliphatic carbocycles. The van der Waals surface area contributed by atoms with Crippen LogP contribution in [0.1, 0.15) is 36.8 Å². The van der Waals surface area contributed by atoms with E-state index in [0.29, 0.717) is 49.1 Å². The van der Waals surface area contributed by atoms with E-state index in [1.807, 2.05) is 70.2 Å². The number of hydrogen-bond acceptors (Lipinski definition) is 5. The predicted octanol–water partition coefficient (Wildman–Crippen LogP) is 4.03. The predicted molar refractivity (Wildman–Crippen MR) is 137 cm³/mol. The summed E-state index contributed by atoms with van der Waals surface area (Å²) in [6.45, 7) is 10.5. The Balaban J connectivity index is 1.73. The third kappa shape index (κ3) is 5.88. The number of likely N-dealkylation sites (N-methyl/N-ethyl adjacent to an activating group) is 1. The lowest BCUT2D eigenvalue weighted by atomic mass is 10.1. The highest BCUT2D eigenvalue weighted by Crippen LogP contribution is 2.30. The van der Waals surface area contributed by atoms with Gasteiger partial charge in [-0.05, 0) is 58.0 Å². The number of para-hydroxylation sites is 2. The van der Waals surface area contributed by atoms with Gasteiger partial charge in [-0.1, -0.05) is 12.1 Å². The zero-order valence-corrected chi connectivity index (χ0v) is 21.2. The first-order valence-electron chi connectivity index (χ1n) is 12.0. The molecule has 0 atom stereocenters. The number of amides is 2. The molecule has 2 aromatic carbocycles. The number of nitrogens with zero attached hydrogens (tertiary/aromatic N) is 2. The van der Waals surface area contributed by atoms with Gasteiger partial charge in [0, 0.05) is 36.2 Å². The van der Waals surface area contributed by atoms with E-state index in [1.54, 1.807) is 12.0 Å². The van der Waals surface area contributed by atoms with Crippen LogP contribution >= 0.6 is 0 Å². The number of aryl methyl sites for hydroxylation is 1. The van der Waals surface area contributed by atoms with Crippen molar-refractivity contribution in [3.05, 3.63) is 53.7 Å². The fraction of sp³-hybridized carbons (Fsp3) is 0.407. The summed E-state index contributed by atoms with van der Waals surface area (Å²) in [7, 11) is 1.59. The summed E-state index contributed by atoms with van der Waals surface area (Å²) in [6, 6.07) is 13.0. The van der Waals surface area contributed by atoms with E-state index in [1.165, 1.54) is 0 Å². The molecule has 8 nitrogen and oxygen atoms in total. The number of carbonyl (C=O) groups is 2. The first kappa shape index (κ1) is 25.9. The van der Waals surface area contributed by atoms with Gasteiger partial charge in [0.2, 0.25) is 0 Å². The molecule has 1 aromatic heterocycles. The average Bonchev–Trinajstić information content (AvgIpc) is 3.16. The van der Waals surface area contributed by atoms with Crippen molar-refractivity contribution in [2.75, 3.05) is 40.0 Å². The van der Waals surface area contributed by atoms with E-state index >= 15 is 0 Å². The Morgan fingerprint density at radius 2 is 1.71 bits per heavy atom. The highest BCUT2D eigenvalue weighted by molar-refractivity contribution is 6.08. The van der Waals surface area contributed by atoms with Gasteiger partial charge >= 0.3 is 0 Å². The Hall–Kier alpha value is -3.68. The van der Waals surface area contributed by atoms with Crippen LogP contribution in [0.25, 0.3) is 10.9 Å². The molecular weight excluding hydrogens is 446 g/mol. The molecule has 0 saturated heterocycles. The number of aromatic nitrogens is 1. The third-order valence-corrected chi connectivity index (χ3v) is 6.03. The SMILES string of the molecule is CCN(CC)C(=O)COc1ccc2c(c1)c(C(=O)NCCOc1ccccc1OC)c(C)n2CC. The lowest BCUT2D eigenvalue weighted by Crippen LogP contribution is -2.34. The van der Waals surface area contributed by atoms with Gasteiger partial charge in [-0.2, -0.15) is 0 Å². The van der Waals surface area contributed by atoms with Crippen molar-refractivity contribution in [3.8, 4) is 17.2 Å². The van der Waals surface area contributed by atoms with Crippen LogP contribution in [0.4, 0.5) is 0 Å². The number of nitrogens with one attached hydrogen (secondary N) is 1. The fourth-order valence-electron chi connectivity index (χ4n) is 4.21. The lowest BCUT2D eigenvalue weighted by molar-refractivity contribution is -0.132. The molecule has 0 saturated carbocycles. The van der Waals surface area contributed by atoms with E-state index in [0.717, 1.165) is 23.1 Å². The lowest BCUT2D eigenvalue weighted by Gasteiger charge is -2.18. The molecule has 0 aliphatic heterocycles. The van der Waals surface area contributed by atoms with E-state index < -0.39 is 0 Å². The minimum atomic E-state index is -0.181. The number of benzene rings is 2. The standard InChI is InChI=1S/C27H35N3O5/c1-6-29(7-2)25(31)18-35-20-13-14-22-21(17-20)26(19(4)30(22)8-3)27(32)28-15-16-34-24-12-10-9-11-23(24)33-5/h9-14,17H,6-8,15-16,18H2,1-5H3,(H,28,32). The molecule has 188 valence electrons. The van der Waals surface area contributed by atoms with Crippen molar-refractivity contribution >= 4 is 22.7 Å². The highest BCUT2D eigenvalue weighted by atomic mass is 16.5. The van der Waals surface area contributed by atoms with E-state index in [2.05, 4.69) is 9.88 Å². The molecule has 0 fully saturated rings. The van der Waals surface area contributed by atoms with Crippen LogP contribution in [0.3, 0.4) is 0 Å². The van der Waals surface area contributed by atoms with Gasteiger partial charge in [-0.3, -0.25) is 9.59 Å². The summed E-state index contributed by atoms with van der Waals surface area (Å²) in [6.07, 6.45) is 0. The van der Waals surface area contributed by atoms with Crippen molar-refractivity contribution in [3.63, 3.8) is 0 Å². The van der Waals surface area contributed by atoms with Gasteiger partial charge in [0.05, 0.1) is 19.2 Å². The summed E-state index contributed by atoms with van der Waals surface area (Å²) in [5.74, 6) is 1.58. The number of fused-ring (bicyclic) bond motifs is 1. The minimum absolute atomic E-state index is 0.0392. The Kier molecular flexibility index (Phi) is 9.00. The topological polar surface area (TPSA) is 82.0 Å². The van der Waals surface area contributed by atoms with Crippen LogP contribution in [-0.4, -0.2) is 61.2 Å². The summed E-state index contributed by atoms with van der Waals surface area (Å²) < 4.78 is 18.9. The van der Waals surface area contributed by atoms with Crippen molar-refractivity contribution in [2.24, 2.45) is 0 Å². The van der Waals surface area contributed by atoms with Gasteiger partial charge in [0.1, 0.15) is 12.4 Å². The maximum Gasteiger partial charge on any atom is 0.260 e. The number of rotatable bonds is 12. The van der Waals surface area contributed by atoms with Gasteiger partial charge in [0.15, 0.2) is 18.1 Å². The average molecular weight is 482 g/mol. The number of hydrogen-bond donors (Lipinski definition) is 1. The molecule has 3 aromatic rings. The Morgan fingerprint density at radius 1 is 1.00 bits per heavy atom. The quantitative estimate of drug-likeness (QED) is 0.395. The van der Waals surface area contributed by atoms with Crippen LogP contribution < -0.4 is 19.5 Å². The van der Waals surface area contributed by atoms with Crippen molar-refractivity contribution in [1.82, 2.24) is 14.8 Å². The maximum absolute atomic E-state index is 13.2. The normalized spacial score (nSPS) is 10.8. The second-order valence-corrected chi connectivity index (χ2v) is 7.99. The van der Waals surface area contributed by atoms with Crippen LogP contribution in [0, 0.1) is 6.92 Å². The third-order valence-electron chi connectivity index (χ3n) is 6.03. The van der Waals surface area contributed by atoms with Crippen LogP contribution in [0.2, 0.25) is 0 Å². The second-order valence-electron chi connectivity index (χ2n) is 7.99. The summed E-state index contributed by atoms with van der Waals surface area (Å²) in [5, 5.41) is 3.75. The molecule has 35 heavy (non-hydrogen) atoms. The molecule has 1 N–H and O–H groups in total. The van der Waals surface area contributed by atoms with Gasteiger partial charge in [-0.25, -0.2) is 0 Å². The maximum atomic E-state index is 13.2. The molecule has 0 radical (unpaired) electrons. The molecule has 0 spiro atoms. The van der Waals surface area contributed by atoms with Crippen LogP contribution in [0.15, 0.2) is 42.5 Å². The first-order chi connectivity index (χ1) is 16.9. The van der Waals surface area contributed by atoms with Crippen molar-refractivity contribution in [2.45, 2.75) is 34.2 Å². The van der Waals surface area contributed by atoms with Gasteiger partial charge in [-0.15, -0.1) is 0 Å². The van der Waals surface area contributed by atoms with Crippen LogP contribution in [-0.2, 0) is 11.3 Å². The molecule has 2 amide bonds. The highest BCUT2D eigenvalue weighted by Gasteiger charge is 2.20. The molecule has 8 heteroatoms. The van der Waals surface area contributed by atoms with Gasteiger partial charge in [0.25, 0.3) is 11.8 Å². The largest absolute Gasteiger partial charge is 0.493 e. The zero-order valence-electron chi connectivity index (χ0n) is 21.2. The van der Waals surface area contributed by atoms with Crippen molar-refractivity contribution in [1.29, 1.82) is 0 Å². The number of ether oxygens (including phenoxy) is 3. The summed E-state index contributed by atoms with van der Waals surface area (Å²) in [5.41, 5.74) is 2.42. The van der Waals surface area contributed by atoms with E-state index in [-0.39, 0.29) is 18.4 Å². The van der Waals surface area contributed by atoms with E-state index in [4.69, 9.17) is 14.2 Å². The molecule has 0 unspecified atom stereocenters. The monoisotopic (exact) mass is 481 g/mol. The zero-order chi connectivity index (χ0) is 25.4. The Labute approximate surface area is 206 Å². The first-order valence-corrected chi connectivity index (χ1v) is 12.0. The number of carbonyl (C=O) groups excluding carboxylic acids is 2. The smallest absolute Gasteiger partial charge is 0.260 e. The Bertz CT molecular complexity index is 1170. The summed E-state index contributed by atoms with van der Waals surface area (Å²) in [4.78, 5) is 27.2. The van der Waals surface area contributed by atoms with Gasteiger partial charge < -0.3 is 29.0 Å². The second kappa shape index (κ2) is 12.1. The van der Waals surface area contributed by atoms with Crippen LogP contribution in [0.5, 0.6) is 17.2 Å². The summed E-state index contributed by atoms with van der Waals surface area (Å²) >= 11 is 0. The van der Waals surface area contributed by atoms with E-state index in [9.17, 15) is 9.59 Å². The number of methoxy groups -OCH3 is 1. The van der Waals surface area contributed by atoms with Crippen molar-refractivity contribution < 1.29 is 23.8 Å².